The Hall–Kier alpha value is -3.95. The molecule has 2 aliphatic heterocycles. The number of benzene rings is 1. The number of nitrogen functional groups attached to an aromatic ring is 1. The Labute approximate surface area is 219 Å². The number of hydrogen-bond acceptors (Lipinski definition) is 7. The number of aromatic nitrogens is 2. The number of pyridine rings is 2. The average Bonchev–Trinajstić information content (AvgIpc) is 3.35. The summed E-state index contributed by atoms with van der Waals surface area (Å²) in [6, 6.07) is 11.0. The van der Waals surface area contributed by atoms with Crippen molar-refractivity contribution in [2.45, 2.75) is 12.5 Å². The SMILES string of the molecule is Nc1ccc(/C=C/C(=O)NCC2Cc3cc(-c4ccc(C(=O)N5CCNCC5)nc4)cc(Cl)c3O2)cn1. The molecule has 37 heavy (non-hydrogen) atoms. The van der Waals surface area contributed by atoms with Crippen LogP contribution < -0.4 is 21.1 Å². The van der Waals surface area contributed by atoms with Crippen molar-refractivity contribution in [1.82, 2.24) is 25.5 Å². The zero-order valence-corrected chi connectivity index (χ0v) is 20.9. The van der Waals surface area contributed by atoms with E-state index in [1.807, 2.05) is 23.1 Å². The van der Waals surface area contributed by atoms with Gasteiger partial charge in [0.2, 0.25) is 5.91 Å². The van der Waals surface area contributed by atoms with Gasteiger partial charge in [-0.05, 0) is 47.5 Å². The normalized spacial score (nSPS) is 16.9. The summed E-state index contributed by atoms with van der Waals surface area (Å²) in [7, 11) is 0. The van der Waals surface area contributed by atoms with Crippen LogP contribution in [0.15, 0.2) is 54.9 Å². The van der Waals surface area contributed by atoms with Gasteiger partial charge in [-0.1, -0.05) is 17.7 Å². The number of halogens is 1. The standard InChI is InChI=1S/C27H27ClN6O3/c28-22-13-19(18-3-4-23(31-15-18)27(36)34-9-7-30-8-10-34)11-20-12-21(37-26(20)22)16-33-25(35)6-2-17-1-5-24(29)32-14-17/h1-6,11,13-15,21,30H,7-10,12,16H2,(H2,29,32)(H,33,35)/b6-2+. The fourth-order valence-electron chi connectivity index (χ4n) is 4.35. The van der Waals surface area contributed by atoms with Gasteiger partial charge in [0.1, 0.15) is 23.4 Å². The van der Waals surface area contributed by atoms with Crippen molar-refractivity contribution in [3.05, 3.63) is 76.7 Å². The highest BCUT2D eigenvalue weighted by molar-refractivity contribution is 6.32. The second-order valence-electron chi connectivity index (χ2n) is 8.96. The molecule has 5 rings (SSSR count). The largest absolute Gasteiger partial charge is 0.486 e. The van der Waals surface area contributed by atoms with Crippen LogP contribution in [0.3, 0.4) is 0 Å². The molecule has 4 heterocycles. The van der Waals surface area contributed by atoms with Crippen molar-refractivity contribution in [3.63, 3.8) is 0 Å². The van der Waals surface area contributed by atoms with Crippen LogP contribution in [0.4, 0.5) is 5.82 Å². The number of fused-ring (bicyclic) bond motifs is 1. The molecule has 1 saturated heterocycles. The summed E-state index contributed by atoms with van der Waals surface area (Å²) in [5.41, 5.74) is 9.51. The molecule has 4 N–H and O–H groups in total. The number of nitrogens with two attached hydrogens (primary N) is 1. The van der Waals surface area contributed by atoms with Gasteiger partial charge in [0, 0.05) is 62.2 Å². The molecule has 0 bridgehead atoms. The summed E-state index contributed by atoms with van der Waals surface area (Å²) in [5.74, 6) is 0.769. The lowest BCUT2D eigenvalue weighted by atomic mass is 10.0. The second kappa shape index (κ2) is 11.0. The lowest BCUT2D eigenvalue weighted by Crippen LogP contribution is -2.46. The maximum absolute atomic E-state index is 12.7. The van der Waals surface area contributed by atoms with E-state index in [9.17, 15) is 9.59 Å². The first-order valence-corrected chi connectivity index (χ1v) is 12.5. The average molecular weight is 519 g/mol. The minimum atomic E-state index is -0.232. The van der Waals surface area contributed by atoms with E-state index in [-0.39, 0.29) is 17.9 Å². The van der Waals surface area contributed by atoms with Crippen molar-refractivity contribution in [3.8, 4) is 16.9 Å². The number of piperazine rings is 1. The molecule has 9 nitrogen and oxygen atoms in total. The second-order valence-corrected chi connectivity index (χ2v) is 9.37. The van der Waals surface area contributed by atoms with E-state index in [2.05, 4.69) is 20.6 Å². The highest BCUT2D eigenvalue weighted by Crippen LogP contribution is 2.39. The van der Waals surface area contributed by atoms with Gasteiger partial charge < -0.3 is 26.0 Å². The van der Waals surface area contributed by atoms with E-state index in [0.29, 0.717) is 48.3 Å². The molecule has 2 amide bonds. The van der Waals surface area contributed by atoms with Gasteiger partial charge in [0.25, 0.3) is 5.91 Å². The number of carbonyl (C=O) groups excluding carboxylic acids is 2. The molecule has 10 heteroatoms. The third-order valence-corrected chi connectivity index (χ3v) is 6.59. The van der Waals surface area contributed by atoms with Gasteiger partial charge in [-0.25, -0.2) is 4.98 Å². The predicted octanol–water partition coefficient (Wildman–Crippen LogP) is 2.56. The first-order valence-electron chi connectivity index (χ1n) is 12.1. The maximum atomic E-state index is 12.7. The van der Waals surface area contributed by atoms with E-state index in [0.717, 1.165) is 35.3 Å². The molecular weight excluding hydrogens is 492 g/mol. The monoisotopic (exact) mass is 518 g/mol. The molecule has 1 unspecified atom stereocenters. The lowest BCUT2D eigenvalue weighted by molar-refractivity contribution is -0.116. The van der Waals surface area contributed by atoms with Crippen LogP contribution in [-0.2, 0) is 11.2 Å². The summed E-state index contributed by atoms with van der Waals surface area (Å²) in [6.45, 7) is 3.29. The van der Waals surface area contributed by atoms with Crippen LogP contribution in [0.1, 0.15) is 21.6 Å². The first kappa shape index (κ1) is 24.7. The fourth-order valence-corrected chi connectivity index (χ4v) is 4.63. The first-order chi connectivity index (χ1) is 18.0. The van der Waals surface area contributed by atoms with Gasteiger partial charge in [-0.3, -0.25) is 14.6 Å². The molecule has 2 aliphatic rings. The number of nitrogens with zero attached hydrogens (tertiary/aromatic N) is 3. The summed E-state index contributed by atoms with van der Waals surface area (Å²) in [5, 5.41) is 6.60. The minimum absolute atomic E-state index is 0.0571. The van der Waals surface area contributed by atoms with Gasteiger partial charge in [-0.2, -0.15) is 0 Å². The third-order valence-electron chi connectivity index (χ3n) is 6.31. The quantitative estimate of drug-likeness (QED) is 0.428. The number of ether oxygens (including phenoxy) is 1. The molecule has 0 aliphatic carbocycles. The lowest BCUT2D eigenvalue weighted by Gasteiger charge is -2.27. The Balaban J connectivity index is 1.19. The van der Waals surface area contributed by atoms with Crippen molar-refractivity contribution in [1.29, 1.82) is 0 Å². The van der Waals surface area contributed by atoms with Gasteiger partial charge in [-0.15, -0.1) is 0 Å². The van der Waals surface area contributed by atoms with E-state index in [1.54, 1.807) is 36.7 Å². The smallest absolute Gasteiger partial charge is 0.272 e. The predicted molar refractivity (Wildman–Crippen MR) is 142 cm³/mol. The van der Waals surface area contributed by atoms with E-state index < -0.39 is 0 Å². The van der Waals surface area contributed by atoms with Crippen LogP contribution in [0.2, 0.25) is 5.02 Å². The topological polar surface area (TPSA) is 122 Å². The molecule has 2 aromatic heterocycles. The number of amides is 2. The van der Waals surface area contributed by atoms with Crippen molar-refractivity contribution in [2.75, 3.05) is 38.5 Å². The molecule has 1 atom stereocenters. The molecule has 0 saturated carbocycles. The molecule has 190 valence electrons. The molecule has 3 aromatic rings. The minimum Gasteiger partial charge on any atom is -0.486 e. The summed E-state index contributed by atoms with van der Waals surface area (Å²) < 4.78 is 6.01. The van der Waals surface area contributed by atoms with Crippen LogP contribution in [0.25, 0.3) is 17.2 Å². The third kappa shape index (κ3) is 5.90. The number of nitrogens with one attached hydrogen (secondary N) is 2. The van der Waals surface area contributed by atoms with Crippen molar-refractivity contribution in [2.24, 2.45) is 0 Å². The van der Waals surface area contributed by atoms with E-state index in [1.165, 1.54) is 6.08 Å². The molecule has 1 aromatic carbocycles. The molecular formula is C27H27ClN6O3. The highest BCUT2D eigenvalue weighted by Gasteiger charge is 2.26. The zero-order chi connectivity index (χ0) is 25.8. The van der Waals surface area contributed by atoms with E-state index >= 15 is 0 Å². The zero-order valence-electron chi connectivity index (χ0n) is 20.1. The van der Waals surface area contributed by atoms with Crippen LogP contribution in [-0.4, -0.2) is 65.5 Å². The maximum Gasteiger partial charge on any atom is 0.272 e. The Bertz CT molecular complexity index is 1320. The number of hydrogen-bond donors (Lipinski definition) is 3. The molecule has 0 radical (unpaired) electrons. The number of rotatable bonds is 6. The van der Waals surface area contributed by atoms with Crippen LogP contribution in [0.5, 0.6) is 5.75 Å². The van der Waals surface area contributed by atoms with Gasteiger partial charge in [0.15, 0.2) is 0 Å². The Morgan fingerprint density at radius 1 is 1.14 bits per heavy atom. The van der Waals surface area contributed by atoms with Gasteiger partial charge in [0.05, 0.1) is 11.6 Å². The highest BCUT2D eigenvalue weighted by atomic mass is 35.5. The Morgan fingerprint density at radius 3 is 2.70 bits per heavy atom. The molecule has 0 spiro atoms. The van der Waals surface area contributed by atoms with Crippen LogP contribution >= 0.6 is 11.6 Å². The Kier molecular flexibility index (Phi) is 7.34. The van der Waals surface area contributed by atoms with Crippen molar-refractivity contribution >= 4 is 35.3 Å². The molecule has 1 fully saturated rings. The van der Waals surface area contributed by atoms with Crippen molar-refractivity contribution < 1.29 is 14.3 Å². The van der Waals surface area contributed by atoms with Crippen LogP contribution in [0, 0.1) is 0 Å². The van der Waals surface area contributed by atoms with Gasteiger partial charge >= 0.3 is 0 Å². The van der Waals surface area contributed by atoms with E-state index in [4.69, 9.17) is 22.1 Å². The number of anilines is 1. The Morgan fingerprint density at radius 2 is 1.97 bits per heavy atom. The summed E-state index contributed by atoms with van der Waals surface area (Å²) >= 11 is 6.54. The number of carbonyl (C=O) groups is 2. The summed E-state index contributed by atoms with van der Waals surface area (Å²) in [6.07, 6.45) is 6.81. The summed E-state index contributed by atoms with van der Waals surface area (Å²) in [4.78, 5) is 35.1. The fraction of sp³-hybridized carbons (Fsp3) is 0.259.